The first-order valence-corrected chi connectivity index (χ1v) is 7.67. The third-order valence-corrected chi connectivity index (χ3v) is 3.35. The van der Waals surface area contributed by atoms with E-state index in [1.54, 1.807) is 31.4 Å². The van der Waals surface area contributed by atoms with Crippen LogP contribution in [0.4, 0.5) is 10.5 Å². The zero-order chi connectivity index (χ0) is 14.8. The van der Waals surface area contributed by atoms with Crippen molar-refractivity contribution >= 4 is 21.9 Å². The molecule has 0 aromatic heterocycles. The molecule has 8 heteroatoms. The van der Waals surface area contributed by atoms with Crippen LogP contribution in [0, 0.1) is 0 Å². The number of carbonyl (C=O) groups excluding carboxylic acids is 1. The molecular formula is C12H15NO6S. The molecule has 1 aromatic rings. The summed E-state index contributed by atoms with van der Waals surface area (Å²) in [5, 5.41) is 0. The van der Waals surface area contributed by atoms with E-state index in [9.17, 15) is 13.2 Å². The molecule has 0 spiro atoms. The molecule has 1 fully saturated rings. The first-order valence-electron chi connectivity index (χ1n) is 5.85. The lowest BCUT2D eigenvalue weighted by atomic mass is 10.2. The molecule has 20 heavy (non-hydrogen) atoms. The van der Waals surface area contributed by atoms with Gasteiger partial charge < -0.3 is 9.47 Å². The van der Waals surface area contributed by atoms with Crippen molar-refractivity contribution in [2.75, 3.05) is 31.5 Å². The molecule has 0 saturated carbocycles. The van der Waals surface area contributed by atoms with Gasteiger partial charge in [-0.05, 0) is 24.3 Å². The van der Waals surface area contributed by atoms with Gasteiger partial charge in [-0.2, -0.15) is 8.42 Å². The normalized spacial score (nSPS) is 19.0. The smallest absolute Gasteiger partial charge is 0.414 e. The summed E-state index contributed by atoms with van der Waals surface area (Å²) in [6.45, 7) is -0.0585. The van der Waals surface area contributed by atoms with E-state index in [1.807, 2.05) is 0 Å². The van der Waals surface area contributed by atoms with Gasteiger partial charge in [0.05, 0.1) is 26.0 Å². The second kappa shape index (κ2) is 5.68. The summed E-state index contributed by atoms with van der Waals surface area (Å²) < 4.78 is 36.7. The van der Waals surface area contributed by atoms with Gasteiger partial charge in [0.1, 0.15) is 12.4 Å². The van der Waals surface area contributed by atoms with Crippen molar-refractivity contribution in [2.45, 2.75) is 6.04 Å². The van der Waals surface area contributed by atoms with Crippen LogP contribution in [0.1, 0.15) is 0 Å². The van der Waals surface area contributed by atoms with E-state index >= 15 is 0 Å². The first kappa shape index (κ1) is 14.6. The summed E-state index contributed by atoms with van der Waals surface area (Å²) in [6, 6.07) is 6.31. The number of anilines is 1. The predicted molar refractivity (Wildman–Crippen MR) is 71.4 cm³/mol. The van der Waals surface area contributed by atoms with Gasteiger partial charge >= 0.3 is 6.09 Å². The Bertz CT molecular complexity index is 582. The molecule has 1 heterocycles. The predicted octanol–water partition coefficient (Wildman–Crippen LogP) is 0.997. The third-order valence-electron chi connectivity index (χ3n) is 2.79. The van der Waals surface area contributed by atoms with Gasteiger partial charge in [0, 0.05) is 5.69 Å². The van der Waals surface area contributed by atoms with Crippen LogP contribution in [0.2, 0.25) is 0 Å². The topological polar surface area (TPSA) is 82.1 Å². The Hall–Kier alpha value is -1.80. The van der Waals surface area contributed by atoms with E-state index in [1.165, 1.54) is 4.90 Å². The molecule has 1 unspecified atom stereocenters. The van der Waals surface area contributed by atoms with Crippen LogP contribution in [-0.4, -0.2) is 47.1 Å². The summed E-state index contributed by atoms with van der Waals surface area (Å²) in [5.41, 5.74) is 0.593. The van der Waals surface area contributed by atoms with Crippen LogP contribution in [0.25, 0.3) is 0 Å². The maximum atomic E-state index is 11.7. The van der Waals surface area contributed by atoms with Gasteiger partial charge in [-0.3, -0.25) is 9.08 Å². The van der Waals surface area contributed by atoms with Gasteiger partial charge in [-0.15, -0.1) is 0 Å². The van der Waals surface area contributed by atoms with Crippen molar-refractivity contribution in [3.05, 3.63) is 24.3 Å². The minimum absolute atomic E-state index is 0.0837. The fraction of sp³-hybridized carbons (Fsp3) is 0.417. The highest BCUT2D eigenvalue weighted by molar-refractivity contribution is 7.85. The van der Waals surface area contributed by atoms with Crippen molar-refractivity contribution in [3.63, 3.8) is 0 Å². The second-order valence-electron chi connectivity index (χ2n) is 4.29. The number of amides is 1. The van der Waals surface area contributed by atoms with E-state index in [-0.39, 0.29) is 13.2 Å². The maximum absolute atomic E-state index is 11.7. The molecule has 1 amide bonds. The Morgan fingerprint density at radius 1 is 1.35 bits per heavy atom. The fourth-order valence-electron chi connectivity index (χ4n) is 1.84. The summed E-state index contributed by atoms with van der Waals surface area (Å²) >= 11 is 0. The number of benzene rings is 1. The summed E-state index contributed by atoms with van der Waals surface area (Å²) in [6.07, 6.45) is 0.430. The Balaban J connectivity index is 2.15. The minimum atomic E-state index is -3.56. The number of ether oxygens (including phenoxy) is 2. The van der Waals surface area contributed by atoms with E-state index < -0.39 is 22.3 Å². The molecule has 2 rings (SSSR count). The molecule has 0 aliphatic carbocycles. The molecule has 110 valence electrons. The van der Waals surface area contributed by atoms with Crippen LogP contribution in [-0.2, 0) is 19.0 Å². The van der Waals surface area contributed by atoms with E-state index in [4.69, 9.17) is 13.7 Å². The highest BCUT2D eigenvalue weighted by Crippen LogP contribution is 2.25. The molecule has 1 atom stereocenters. The van der Waals surface area contributed by atoms with Crippen molar-refractivity contribution in [2.24, 2.45) is 0 Å². The molecule has 1 aromatic carbocycles. The molecular weight excluding hydrogens is 286 g/mol. The maximum Gasteiger partial charge on any atom is 0.414 e. The van der Waals surface area contributed by atoms with E-state index in [0.717, 1.165) is 6.26 Å². The van der Waals surface area contributed by atoms with Crippen molar-refractivity contribution < 1.29 is 26.9 Å². The number of hydrogen-bond donors (Lipinski definition) is 0. The molecule has 1 aliphatic heterocycles. The number of nitrogens with zero attached hydrogens (tertiary/aromatic N) is 1. The average Bonchev–Trinajstić information content (AvgIpc) is 2.77. The number of hydrogen-bond acceptors (Lipinski definition) is 6. The largest absolute Gasteiger partial charge is 0.497 e. The molecule has 0 N–H and O–H groups in total. The van der Waals surface area contributed by atoms with Crippen LogP contribution in [0.5, 0.6) is 5.75 Å². The summed E-state index contributed by atoms with van der Waals surface area (Å²) in [5.74, 6) is 0.658. The lowest BCUT2D eigenvalue weighted by Crippen LogP contribution is -2.37. The molecule has 0 radical (unpaired) electrons. The zero-order valence-corrected chi connectivity index (χ0v) is 11.9. The van der Waals surface area contributed by atoms with Gasteiger partial charge in [0.25, 0.3) is 10.1 Å². The number of rotatable bonds is 5. The lowest BCUT2D eigenvalue weighted by molar-refractivity contribution is 0.175. The number of carbonyl (C=O) groups is 1. The quantitative estimate of drug-likeness (QED) is 0.755. The first-order chi connectivity index (χ1) is 9.40. The zero-order valence-electron chi connectivity index (χ0n) is 11.1. The Labute approximate surface area is 117 Å². The van der Waals surface area contributed by atoms with Crippen molar-refractivity contribution in [1.82, 2.24) is 0 Å². The summed E-state index contributed by atoms with van der Waals surface area (Å²) in [7, 11) is -2.02. The van der Waals surface area contributed by atoms with Gasteiger partial charge in [-0.25, -0.2) is 4.79 Å². The molecule has 1 saturated heterocycles. The van der Waals surface area contributed by atoms with Crippen LogP contribution in [0.3, 0.4) is 0 Å². The Morgan fingerprint density at radius 3 is 2.55 bits per heavy atom. The Kier molecular flexibility index (Phi) is 4.15. The van der Waals surface area contributed by atoms with Gasteiger partial charge in [0.2, 0.25) is 0 Å². The van der Waals surface area contributed by atoms with Crippen LogP contribution >= 0.6 is 0 Å². The average molecular weight is 301 g/mol. The van der Waals surface area contributed by atoms with Gasteiger partial charge in [0.15, 0.2) is 0 Å². The second-order valence-corrected chi connectivity index (χ2v) is 5.93. The standard InChI is InChI=1S/C12H15NO6S/c1-17-11-5-3-9(4-6-11)13-10(7-18-12(13)14)8-19-20(2,15)16/h3-6,10H,7-8H2,1-2H3. The number of methoxy groups -OCH3 is 1. The third kappa shape index (κ3) is 3.40. The SMILES string of the molecule is COc1ccc(N2C(=O)OCC2COS(C)(=O)=O)cc1. The van der Waals surface area contributed by atoms with Crippen LogP contribution in [0.15, 0.2) is 24.3 Å². The van der Waals surface area contributed by atoms with Crippen molar-refractivity contribution in [1.29, 1.82) is 0 Å². The molecule has 0 bridgehead atoms. The fourth-order valence-corrected chi connectivity index (χ4v) is 2.25. The molecule has 7 nitrogen and oxygen atoms in total. The van der Waals surface area contributed by atoms with E-state index in [2.05, 4.69) is 0 Å². The molecule has 1 aliphatic rings. The highest BCUT2D eigenvalue weighted by Gasteiger charge is 2.35. The van der Waals surface area contributed by atoms with Gasteiger partial charge in [-0.1, -0.05) is 0 Å². The highest BCUT2D eigenvalue weighted by atomic mass is 32.2. The lowest BCUT2D eigenvalue weighted by Gasteiger charge is -2.21. The minimum Gasteiger partial charge on any atom is -0.497 e. The van der Waals surface area contributed by atoms with E-state index in [0.29, 0.717) is 11.4 Å². The monoisotopic (exact) mass is 301 g/mol. The Morgan fingerprint density at radius 2 is 2.00 bits per heavy atom. The van der Waals surface area contributed by atoms with Crippen molar-refractivity contribution in [3.8, 4) is 5.75 Å². The van der Waals surface area contributed by atoms with Crippen LogP contribution < -0.4 is 9.64 Å². The summed E-state index contributed by atoms with van der Waals surface area (Å²) in [4.78, 5) is 13.1. The number of cyclic esters (lactones) is 1.